The van der Waals surface area contributed by atoms with Crippen molar-refractivity contribution in [3.05, 3.63) is 23.2 Å². The molecule has 1 aromatic carbocycles. The first kappa shape index (κ1) is 16.1. The maximum absolute atomic E-state index is 12.1. The maximum Gasteiger partial charge on any atom is 0.410 e. The minimum absolute atomic E-state index is 0.215. The molecule has 2 aromatic rings. The van der Waals surface area contributed by atoms with E-state index in [1.165, 1.54) is 4.70 Å². The van der Waals surface area contributed by atoms with Gasteiger partial charge in [-0.2, -0.15) is 0 Å². The van der Waals surface area contributed by atoms with E-state index in [1.54, 1.807) is 16.2 Å². The summed E-state index contributed by atoms with van der Waals surface area (Å²) >= 11 is 1.73. The molecule has 1 aliphatic heterocycles. The predicted octanol–water partition coefficient (Wildman–Crippen LogP) is 3.99. The van der Waals surface area contributed by atoms with E-state index in [9.17, 15) is 4.79 Å². The monoisotopic (exact) mass is 333 g/mol. The molecule has 0 unspecified atom stereocenters. The molecule has 0 bridgehead atoms. The third kappa shape index (κ3) is 3.75. The fourth-order valence-electron chi connectivity index (χ4n) is 2.77. The second-order valence-corrected chi connectivity index (χ2v) is 8.08. The summed E-state index contributed by atoms with van der Waals surface area (Å²) in [4.78, 5) is 18.6. The smallest absolute Gasteiger partial charge is 0.410 e. The highest BCUT2D eigenvalue weighted by molar-refractivity contribution is 7.18. The SMILES string of the molecule is CC(C)(C)OC(=O)N1CCC(c2nc3cc(N)ccc3s2)CC1. The van der Waals surface area contributed by atoms with Crippen LogP contribution in [0.4, 0.5) is 10.5 Å². The van der Waals surface area contributed by atoms with E-state index in [4.69, 9.17) is 15.5 Å². The number of anilines is 1. The van der Waals surface area contributed by atoms with Gasteiger partial charge in [0, 0.05) is 24.7 Å². The summed E-state index contributed by atoms with van der Waals surface area (Å²) < 4.78 is 6.61. The highest BCUT2D eigenvalue weighted by atomic mass is 32.1. The van der Waals surface area contributed by atoms with E-state index in [2.05, 4.69) is 0 Å². The lowest BCUT2D eigenvalue weighted by molar-refractivity contribution is 0.0205. The summed E-state index contributed by atoms with van der Waals surface area (Å²) in [6.45, 7) is 7.12. The van der Waals surface area contributed by atoms with Crippen molar-refractivity contribution in [1.29, 1.82) is 0 Å². The van der Waals surface area contributed by atoms with Crippen molar-refractivity contribution < 1.29 is 9.53 Å². The lowest BCUT2D eigenvalue weighted by Gasteiger charge is -2.32. The van der Waals surface area contributed by atoms with Gasteiger partial charge in [-0.25, -0.2) is 9.78 Å². The van der Waals surface area contributed by atoms with Gasteiger partial charge in [0.25, 0.3) is 0 Å². The first-order valence-corrected chi connectivity index (χ1v) is 8.77. The Bertz CT molecular complexity index is 712. The predicted molar refractivity (Wildman–Crippen MR) is 93.8 cm³/mol. The Morgan fingerprint density at radius 3 is 2.70 bits per heavy atom. The van der Waals surface area contributed by atoms with Crippen LogP contribution >= 0.6 is 11.3 Å². The molecule has 0 aliphatic carbocycles. The second kappa shape index (κ2) is 6.00. The van der Waals surface area contributed by atoms with E-state index in [0.29, 0.717) is 5.92 Å². The van der Waals surface area contributed by atoms with Gasteiger partial charge in [0.05, 0.1) is 15.2 Å². The Labute approximate surface area is 140 Å². The maximum atomic E-state index is 12.1. The number of nitrogens with zero attached hydrogens (tertiary/aromatic N) is 2. The minimum Gasteiger partial charge on any atom is -0.444 e. The Kier molecular flexibility index (Phi) is 4.19. The molecule has 1 amide bonds. The molecule has 0 atom stereocenters. The number of rotatable bonds is 1. The molecular weight excluding hydrogens is 310 g/mol. The number of piperidine rings is 1. The zero-order valence-corrected chi connectivity index (χ0v) is 14.7. The lowest BCUT2D eigenvalue weighted by atomic mass is 9.98. The number of hydrogen-bond donors (Lipinski definition) is 1. The molecule has 23 heavy (non-hydrogen) atoms. The van der Waals surface area contributed by atoms with Crippen molar-refractivity contribution in [2.75, 3.05) is 18.8 Å². The average molecular weight is 333 g/mol. The molecule has 1 aliphatic rings. The molecule has 124 valence electrons. The first-order chi connectivity index (χ1) is 10.8. The largest absolute Gasteiger partial charge is 0.444 e. The van der Waals surface area contributed by atoms with Crippen LogP contribution < -0.4 is 5.73 Å². The van der Waals surface area contributed by atoms with Crippen LogP contribution in [-0.4, -0.2) is 34.7 Å². The molecule has 5 nitrogen and oxygen atoms in total. The van der Waals surface area contributed by atoms with Crippen molar-refractivity contribution in [3.63, 3.8) is 0 Å². The van der Waals surface area contributed by atoms with Crippen LogP contribution in [0.25, 0.3) is 10.2 Å². The fourth-order valence-corrected chi connectivity index (χ4v) is 3.89. The number of hydrogen-bond acceptors (Lipinski definition) is 5. The third-order valence-electron chi connectivity index (χ3n) is 3.92. The summed E-state index contributed by atoms with van der Waals surface area (Å²) in [5.41, 5.74) is 7.09. The number of fused-ring (bicyclic) bond motifs is 1. The number of ether oxygens (including phenoxy) is 1. The van der Waals surface area contributed by atoms with Crippen LogP contribution in [0.5, 0.6) is 0 Å². The van der Waals surface area contributed by atoms with Crippen LogP contribution in [0.3, 0.4) is 0 Å². The molecule has 0 spiro atoms. The number of likely N-dealkylation sites (tertiary alicyclic amines) is 1. The van der Waals surface area contributed by atoms with Crippen LogP contribution in [-0.2, 0) is 4.74 Å². The summed E-state index contributed by atoms with van der Waals surface area (Å²) in [5, 5.41) is 1.15. The quantitative estimate of drug-likeness (QED) is 0.801. The topological polar surface area (TPSA) is 68.5 Å². The molecule has 2 heterocycles. The van der Waals surface area contributed by atoms with Gasteiger partial charge >= 0.3 is 6.09 Å². The zero-order chi connectivity index (χ0) is 16.6. The number of nitrogen functional groups attached to an aromatic ring is 1. The Morgan fingerprint density at radius 2 is 2.04 bits per heavy atom. The highest BCUT2D eigenvalue weighted by Crippen LogP contribution is 2.34. The van der Waals surface area contributed by atoms with Gasteiger partial charge in [-0.15, -0.1) is 11.3 Å². The number of carbonyl (C=O) groups is 1. The molecule has 0 radical (unpaired) electrons. The number of thiazole rings is 1. The second-order valence-electron chi connectivity index (χ2n) is 7.02. The van der Waals surface area contributed by atoms with Gasteiger partial charge in [-0.1, -0.05) is 0 Å². The number of amides is 1. The first-order valence-electron chi connectivity index (χ1n) is 7.96. The summed E-state index contributed by atoms with van der Waals surface area (Å²) in [7, 11) is 0. The molecule has 1 aromatic heterocycles. The van der Waals surface area contributed by atoms with Crippen molar-refractivity contribution in [2.45, 2.75) is 45.1 Å². The van der Waals surface area contributed by atoms with Crippen LogP contribution in [0, 0.1) is 0 Å². The Hall–Kier alpha value is -1.82. The Balaban J connectivity index is 1.65. The molecule has 2 N–H and O–H groups in total. The Morgan fingerprint density at radius 1 is 1.35 bits per heavy atom. The van der Waals surface area contributed by atoms with Crippen LogP contribution in [0.1, 0.15) is 44.5 Å². The molecule has 6 heteroatoms. The van der Waals surface area contributed by atoms with Crippen molar-refractivity contribution in [2.24, 2.45) is 0 Å². The number of nitrogens with two attached hydrogens (primary N) is 1. The summed E-state index contributed by atoms with van der Waals surface area (Å²) in [6.07, 6.45) is 1.64. The third-order valence-corrected chi connectivity index (χ3v) is 5.12. The summed E-state index contributed by atoms with van der Waals surface area (Å²) in [6, 6.07) is 5.86. The van der Waals surface area contributed by atoms with E-state index in [1.807, 2.05) is 39.0 Å². The van der Waals surface area contributed by atoms with Gasteiger partial charge in [0.2, 0.25) is 0 Å². The number of carbonyl (C=O) groups excluding carboxylic acids is 1. The lowest BCUT2D eigenvalue weighted by Crippen LogP contribution is -2.41. The van der Waals surface area contributed by atoms with E-state index in [0.717, 1.165) is 42.1 Å². The van der Waals surface area contributed by atoms with E-state index in [-0.39, 0.29) is 6.09 Å². The van der Waals surface area contributed by atoms with Crippen LogP contribution in [0.15, 0.2) is 18.2 Å². The standard InChI is InChI=1S/C17H23N3O2S/c1-17(2,3)22-16(21)20-8-6-11(7-9-20)15-19-13-10-12(18)4-5-14(13)23-15/h4-5,10-11H,6-9,18H2,1-3H3. The number of benzene rings is 1. The van der Waals surface area contributed by atoms with Crippen LogP contribution in [0.2, 0.25) is 0 Å². The van der Waals surface area contributed by atoms with Gasteiger partial charge in [-0.05, 0) is 51.8 Å². The molecule has 0 saturated carbocycles. The van der Waals surface area contributed by atoms with Gasteiger partial charge < -0.3 is 15.4 Å². The zero-order valence-electron chi connectivity index (χ0n) is 13.8. The average Bonchev–Trinajstić information content (AvgIpc) is 2.88. The van der Waals surface area contributed by atoms with Gasteiger partial charge in [0.1, 0.15) is 5.60 Å². The summed E-state index contributed by atoms with van der Waals surface area (Å²) in [5.74, 6) is 0.410. The molecular formula is C17H23N3O2S. The molecule has 3 rings (SSSR count). The normalized spacial score (nSPS) is 16.7. The van der Waals surface area contributed by atoms with Gasteiger partial charge in [0.15, 0.2) is 0 Å². The minimum atomic E-state index is -0.444. The highest BCUT2D eigenvalue weighted by Gasteiger charge is 2.28. The van der Waals surface area contributed by atoms with Crippen molar-refractivity contribution in [3.8, 4) is 0 Å². The van der Waals surface area contributed by atoms with Crippen molar-refractivity contribution in [1.82, 2.24) is 9.88 Å². The fraction of sp³-hybridized carbons (Fsp3) is 0.529. The molecule has 1 saturated heterocycles. The van der Waals surface area contributed by atoms with Gasteiger partial charge in [-0.3, -0.25) is 0 Å². The van der Waals surface area contributed by atoms with E-state index < -0.39 is 5.60 Å². The van der Waals surface area contributed by atoms with E-state index >= 15 is 0 Å². The molecule has 1 fully saturated rings. The number of aromatic nitrogens is 1. The van der Waals surface area contributed by atoms with Crippen molar-refractivity contribution >= 4 is 33.3 Å².